The lowest BCUT2D eigenvalue weighted by molar-refractivity contribution is 0.228. The van der Waals surface area contributed by atoms with Crippen LogP contribution in [0.25, 0.3) is 0 Å². The normalized spacial score (nSPS) is 21.4. The molecule has 1 unspecified atom stereocenters. The van der Waals surface area contributed by atoms with Crippen molar-refractivity contribution in [3.05, 3.63) is 28.5 Å². The molecule has 94 valence electrons. The van der Waals surface area contributed by atoms with Gasteiger partial charge in [0.05, 0.1) is 0 Å². The van der Waals surface area contributed by atoms with Gasteiger partial charge in [0.2, 0.25) is 0 Å². The van der Waals surface area contributed by atoms with Gasteiger partial charge in [-0.05, 0) is 49.4 Å². The van der Waals surface area contributed by atoms with E-state index in [0.29, 0.717) is 11.2 Å². The second-order valence-corrected chi connectivity index (χ2v) is 5.80. The Morgan fingerprint density at radius 2 is 2.29 bits per heavy atom. The zero-order chi connectivity index (χ0) is 12.4. The van der Waals surface area contributed by atoms with Crippen LogP contribution in [0.15, 0.2) is 12.3 Å². The van der Waals surface area contributed by atoms with E-state index in [4.69, 9.17) is 11.6 Å². The van der Waals surface area contributed by atoms with Crippen molar-refractivity contribution < 1.29 is 0 Å². The minimum Gasteiger partial charge on any atom is -0.296 e. The Labute approximate surface area is 109 Å². The van der Waals surface area contributed by atoms with E-state index in [1.807, 2.05) is 12.3 Å². The van der Waals surface area contributed by atoms with Crippen LogP contribution in [0.2, 0.25) is 5.15 Å². The van der Waals surface area contributed by atoms with Crippen LogP contribution in [0, 0.1) is 12.8 Å². The van der Waals surface area contributed by atoms with Crippen molar-refractivity contribution in [3.8, 4) is 0 Å². The van der Waals surface area contributed by atoms with Crippen molar-refractivity contribution in [2.45, 2.75) is 39.7 Å². The van der Waals surface area contributed by atoms with E-state index >= 15 is 0 Å². The molecule has 17 heavy (non-hydrogen) atoms. The Hall–Kier alpha value is -0.600. The summed E-state index contributed by atoms with van der Waals surface area (Å²) in [7, 11) is 0. The van der Waals surface area contributed by atoms with Crippen molar-refractivity contribution in [3.63, 3.8) is 0 Å². The molecule has 0 bridgehead atoms. The van der Waals surface area contributed by atoms with Crippen LogP contribution in [0.5, 0.6) is 0 Å². The SMILES string of the molecule is Cc1cc(Cl)ncc1C1CCCN1CC(C)C. The first-order chi connectivity index (χ1) is 8.08. The van der Waals surface area contributed by atoms with Crippen molar-refractivity contribution in [1.29, 1.82) is 0 Å². The van der Waals surface area contributed by atoms with Crippen LogP contribution in [-0.4, -0.2) is 23.0 Å². The van der Waals surface area contributed by atoms with E-state index in [2.05, 4.69) is 30.7 Å². The highest BCUT2D eigenvalue weighted by Crippen LogP contribution is 2.34. The molecule has 0 spiro atoms. The number of hydrogen-bond donors (Lipinski definition) is 0. The minimum absolute atomic E-state index is 0.544. The average Bonchev–Trinajstić information content (AvgIpc) is 2.65. The second-order valence-electron chi connectivity index (χ2n) is 5.41. The van der Waals surface area contributed by atoms with E-state index in [1.54, 1.807) is 0 Å². The third-order valence-corrected chi connectivity index (χ3v) is 3.65. The molecule has 1 saturated heterocycles. The van der Waals surface area contributed by atoms with Crippen LogP contribution in [0.4, 0.5) is 0 Å². The predicted molar refractivity (Wildman–Crippen MR) is 72.4 cm³/mol. The molecule has 0 aromatic carbocycles. The summed E-state index contributed by atoms with van der Waals surface area (Å²) >= 11 is 5.92. The van der Waals surface area contributed by atoms with E-state index in [0.717, 1.165) is 5.92 Å². The molecule has 0 aliphatic carbocycles. The largest absolute Gasteiger partial charge is 0.296 e. The number of nitrogens with zero attached hydrogens (tertiary/aromatic N) is 2. The van der Waals surface area contributed by atoms with Gasteiger partial charge in [-0.2, -0.15) is 0 Å². The van der Waals surface area contributed by atoms with Crippen LogP contribution in [-0.2, 0) is 0 Å². The Balaban J connectivity index is 2.20. The number of pyridine rings is 1. The molecule has 1 aliphatic heterocycles. The maximum atomic E-state index is 5.92. The van der Waals surface area contributed by atoms with Gasteiger partial charge in [-0.3, -0.25) is 4.90 Å². The Kier molecular flexibility index (Phi) is 4.05. The van der Waals surface area contributed by atoms with Crippen molar-refractivity contribution in [1.82, 2.24) is 9.88 Å². The summed E-state index contributed by atoms with van der Waals surface area (Å²) in [6, 6.07) is 2.52. The van der Waals surface area contributed by atoms with Crippen LogP contribution < -0.4 is 0 Å². The molecule has 0 saturated carbocycles. The van der Waals surface area contributed by atoms with Gasteiger partial charge in [0.1, 0.15) is 5.15 Å². The molecule has 1 aromatic rings. The molecule has 1 atom stereocenters. The first-order valence-corrected chi connectivity index (χ1v) is 6.82. The third-order valence-electron chi connectivity index (χ3n) is 3.44. The molecule has 2 nitrogen and oxygen atoms in total. The Bertz CT molecular complexity index is 390. The summed E-state index contributed by atoms with van der Waals surface area (Å²) in [4.78, 5) is 6.82. The molecule has 3 heteroatoms. The van der Waals surface area contributed by atoms with Gasteiger partial charge in [0.15, 0.2) is 0 Å². The van der Waals surface area contributed by atoms with E-state index in [9.17, 15) is 0 Å². The molecule has 1 fully saturated rings. The van der Waals surface area contributed by atoms with Gasteiger partial charge < -0.3 is 0 Å². The first-order valence-electron chi connectivity index (χ1n) is 6.44. The summed E-state index contributed by atoms with van der Waals surface area (Å²) < 4.78 is 0. The van der Waals surface area contributed by atoms with Crippen molar-refractivity contribution in [2.24, 2.45) is 5.92 Å². The zero-order valence-electron chi connectivity index (χ0n) is 10.9. The number of aromatic nitrogens is 1. The number of aryl methyl sites for hydroxylation is 1. The van der Waals surface area contributed by atoms with Gasteiger partial charge in [-0.1, -0.05) is 25.4 Å². The number of halogens is 1. The van der Waals surface area contributed by atoms with Crippen LogP contribution in [0.1, 0.15) is 43.9 Å². The lowest BCUT2D eigenvalue weighted by atomic mass is 10.0. The summed E-state index contributed by atoms with van der Waals surface area (Å²) in [5, 5.41) is 0.597. The zero-order valence-corrected chi connectivity index (χ0v) is 11.7. The number of likely N-dealkylation sites (tertiary alicyclic amines) is 1. The quantitative estimate of drug-likeness (QED) is 0.760. The smallest absolute Gasteiger partial charge is 0.129 e. The lowest BCUT2D eigenvalue weighted by Crippen LogP contribution is -2.27. The molecule has 1 aliphatic rings. The highest BCUT2D eigenvalue weighted by atomic mass is 35.5. The standard InChI is InChI=1S/C14H21ClN2/c1-10(2)9-17-6-4-5-13(17)12-8-16-14(15)7-11(12)3/h7-8,10,13H,4-6,9H2,1-3H3. The fourth-order valence-corrected chi connectivity index (χ4v) is 2.96. The summed E-state index contributed by atoms with van der Waals surface area (Å²) in [6.07, 6.45) is 4.50. The van der Waals surface area contributed by atoms with Crippen molar-refractivity contribution in [2.75, 3.05) is 13.1 Å². The topological polar surface area (TPSA) is 16.1 Å². The molecule has 2 rings (SSSR count). The van der Waals surface area contributed by atoms with Gasteiger partial charge in [-0.15, -0.1) is 0 Å². The third kappa shape index (κ3) is 2.99. The van der Waals surface area contributed by atoms with Gasteiger partial charge in [-0.25, -0.2) is 4.98 Å². The van der Waals surface area contributed by atoms with Gasteiger partial charge in [0.25, 0.3) is 0 Å². The highest BCUT2D eigenvalue weighted by molar-refractivity contribution is 6.29. The summed E-state index contributed by atoms with van der Waals surface area (Å²) in [5.74, 6) is 0.719. The summed E-state index contributed by atoms with van der Waals surface area (Å²) in [6.45, 7) is 9.08. The lowest BCUT2D eigenvalue weighted by Gasteiger charge is -2.27. The van der Waals surface area contributed by atoms with E-state index in [-0.39, 0.29) is 0 Å². The molecule has 2 heterocycles. The molecular formula is C14H21ClN2. The first kappa shape index (κ1) is 12.8. The number of hydrogen-bond acceptors (Lipinski definition) is 2. The van der Waals surface area contributed by atoms with Crippen LogP contribution >= 0.6 is 11.6 Å². The van der Waals surface area contributed by atoms with Crippen molar-refractivity contribution >= 4 is 11.6 Å². The minimum atomic E-state index is 0.544. The van der Waals surface area contributed by atoms with Crippen LogP contribution in [0.3, 0.4) is 0 Å². The Morgan fingerprint density at radius 3 is 2.94 bits per heavy atom. The van der Waals surface area contributed by atoms with Gasteiger partial charge >= 0.3 is 0 Å². The average molecular weight is 253 g/mol. The molecular weight excluding hydrogens is 232 g/mol. The summed E-state index contributed by atoms with van der Waals surface area (Å²) in [5.41, 5.74) is 2.62. The molecule has 1 aromatic heterocycles. The van der Waals surface area contributed by atoms with Gasteiger partial charge in [0, 0.05) is 18.8 Å². The highest BCUT2D eigenvalue weighted by Gasteiger charge is 2.27. The number of rotatable bonds is 3. The molecule has 0 amide bonds. The maximum absolute atomic E-state index is 5.92. The maximum Gasteiger partial charge on any atom is 0.129 e. The fourth-order valence-electron chi connectivity index (χ4n) is 2.75. The van der Waals surface area contributed by atoms with E-state index in [1.165, 1.54) is 37.1 Å². The van der Waals surface area contributed by atoms with E-state index < -0.39 is 0 Å². The fraction of sp³-hybridized carbons (Fsp3) is 0.643. The molecule has 0 N–H and O–H groups in total. The second kappa shape index (κ2) is 5.36. The predicted octanol–water partition coefficient (Wildman–Crippen LogP) is 3.84. The monoisotopic (exact) mass is 252 g/mol. The Morgan fingerprint density at radius 1 is 1.53 bits per heavy atom. The molecule has 0 radical (unpaired) electrons.